The zero-order valence-electron chi connectivity index (χ0n) is 16.3. The molecule has 0 radical (unpaired) electrons. The van der Waals surface area contributed by atoms with E-state index >= 15 is 0 Å². The van der Waals surface area contributed by atoms with Gasteiger partial charge in [-0.25, -0.2) is 0 Å². The summed E-state index contributed by atoms with van der Waals surface area (Å²) in [7, 11) is 0. The molecule has 4 rings (SSSR count). The summed E-state index contributed by atoms with van der Waals surface area (Å²) in [5.41, 5.74) is 2.22. The molecule has 1 aliphatic heterocycles. The average Bonchev–Trinajstić information content (AvgIpc) is 3.16. The van der Waals surface area contributed by atoms with Gasteiger partial charge in [-0.3, -0.25) is 4.79 Å². The maximum absolute atomic E-state index is 12.9. The maximum atomic E-state index is 12.9. The minimum Gasteiger partial charge on any atom is -0.338 e. The van der Waals surface area contributed by atoms with Gasteiger partial charge in [0.1, 0.15) is 6.54 Å². The Kier molecular flexibility index (Phi) is 5.23. The molecule has 1 aliphatic carbocycles. The highest BCUT2D eigenvalue weighted by Crippen LogP contribution is 2.35. The second-order valence-electron chi connectivity index (χ2n) is 8.26. The molecule has 144 valence electrons. The Morgan fingerprint density at radius 3 is 2.63 bits per heavy atom. The number of aromatic nitrogens is 4. The first-order valence-electron chi connectivity index (χ1n) is 10.3. The Morgan fingerprint density at radius 2 is 1.85 bits per heavy atom. The summed E-state index contributed by atoms with van der Waals surface area (Å²) in [5, 5.41) is 12.7. The topological polar surface area (TPSA) is 63.9 Å². The van der Waals surface area contributed by atoms with Crippen LogP contribution in [0.15, 0.2) is 24.3 Å². The fourth-order valence-corrected chi connectivity index (χ4v) is 4.59. The van der Waals surface area contributed by atoms with Crippen molar-refractivity contribution < 1.29 is 4.79 Å². The van der Waals surface area contributed by atoms with Crippen molar-refractivity contribution in [2.24, 2.45) is 5.92 Å². The fourth-order valence-electron chi connectivity index (χ4n) is 4.59. The van der Waals surface area contributed by atoms with Crippen molar-refractivity contribution in [2.75, 3.05) is 6.54 Å². The van der Waals surface area contributed by atoms with Gasteiger partial charge < -0.3 is 4.90 Å². The van der Waals surface area contributed by atoms with Gasteiger partial charge in [0.15, 0.2) is 0 Å². The second-order valence-corrected chi connectivity index (χ2v) is 8.26. The van der Waals surface area contributed by atoms with Gasteiger partial charge >= 0.3 is 0 Å². The first kappa shape index (κ1) is 18.1. The molecule has 6 nitrogen and oxygen atoms in total. The predicted octanol–water partition coefficient (Wildman–Crippen LogP) is 3.64. The van der Waals surface area contributed by atoms with Gasteiger partial charge in [-0.1, -0.05) is 51.0 Å². The standard InChI is InChI=1S/C21H29N5O/c1-15(2)16-9-11-18(12-10-16)21-22-24-26(23-21)14-20(27)25-13-5-7-17-6-3-4-8-19(17)25/h9-12,15,17,19H,3-8,13-14H2,1-2H3. The van der Waals surface area contributed by atoms with Gasteiger partial charge in [0, 0.05) is 18.2 Å². The SMILES string of the molecule is CC(C)c1ccc(-c2nnn(CC(=O)N3CCCC4CCCCC43)n2)cc1. The summed E-state index contributed by atoms with van der Waals surface area (Å²) < 4.78 is 0. The normalized spacial score (nSPS) is 22.7. The zero-order valence-corrected chi connectivity index (χ0v) is 16.3. The molecule has 0 N–H and O–H groups in total. The van der Waals surface area contributed by atoms with Crippen molar-refractivity contribution >= 4 is 5.91 Å². The molecule has 2 aromatic rings. The monoisotopic (exact) mass is 367 g/mol. The van der Waals surface area contributed by atoms with E-state index in [1.54, 1.807) is 0 Å². The molecule has 1 aromatic heterocycles. The van der Waals surface area contributed by atoms with Crippen LogP contribution in [0.25, 0.3) is 11.4 Å². The highest BCUT2D eigenvalue weighted by molar-refractivity contribution is 5.76. The molecule has 27 heavy (non-hydrogen) atoms. The number of nitrogens with zero attached hydrogens (tertiary/aromatic N) is 5. The van der Waals surface area contributed by atoms with Gasteiger partial charge in [-0.05, 0) is 48.3 Å². The molecule has 2 unspecified atom stereocenters. The second kappa shape index (κ2) is 7.79. The van der Waals surface area contributed by atoms with Crippen molar-refractivity contribution in [3.05, 3.63) is 29.8 Å². The lowest BCUT2D eigenvalue weighted by Gasteiger charge is -2.44. The highest BCUT2D eigenvalue weighted by Gasteiger charge is 2.35. The van der Waals surface area contributed by atoms with Crippen molar-refractivity contribution in [1.82, 2.24) is 25.1 Å². The maximum Gasteiger partial charge on any atom is 0.246 e. The molecule has 2 fully saturated rings. The van der Waals surface area contributed by atoms with Crippen LogP contribution in [0.2, 0.25) is 0 Å². The number of carbonyl (C=O) groups is 1. The molecule has 2 heterocycles. The summed E-state index contributed by atoms with van der Waals surface area (Å²) >= 11 is 0. The number of hydrogen-bond acceptors (Lipinski definition) is 4. The summed E-state index contributed by atoms with van der Waals surface area (Å²) in [5.74, 6) is 1.89. The Balaban J connectivity index is 1.43. The molecule has 2 atom stereocenters. The largest absolute Gasteiger partial charge is 0.338 e. The van der Waals surface area contributed by atoms with Crippen LogP contribution >= 0.6 is 0 Å². The van der Waals surface area contributed by atoms with E-state index in [-0.39, 0.29) is 12.5 Å². The van der Waals surface area contributed by atoms with E-state index in [1.807, 2.05) is 12.1 Å². The fraction of sp³-hybridized carbons (Fsp3) is 0.619. The highest BCUT2D eigenvalue weighted by atomic mass is 16.2. The van der Waals surface area contributed by atoms with Gasteiger partial charge in [-0.2, -0.15) is 4.80 Å². The summed E-state index contributed by atoms with van der Waals surface area (Å²) in [6, 6.07) is 8.67. The first-order valence-corrected chi connectivity index (χ1v) is 10.3. The lowest BCUT2D eigenvalue weighted by atomic mass is 9.78. The minimum absolute atomic E-state index is 0.130. The first-order chi connectivity index (χ1) is 13.1. The summed E-state index contributed by atoms with van der Waals surface area (Å²) in [6.07, 6.45) is 7.36. The predicted molar refractivity (Wildman–Crippen MR) is 104 cm³/mol. The quantitative estimate of drug-likeness (QED) is 0.827. The number of benzene rings is 1. The van der Waals surface area contributed by atoms with E-state index in [1.165, 1.54) is 36.0 Å². The lowest BCUT2D eigenvalue weighted by molar-refractivity contribution is -0.138. The molecule has 6 heteroatoms. The third kappa shape index (κ3) is 3.89. The number of hydrogen-bond donors (Lipinski definition) is 0. The number of rotatable bonds is 4. The Bertz CT molecular complexity index is 780. The van der Waals surface area contributed by atoms with Crippen LogP contribution in [-0.2, 0) is 11.3 Å². The van der Waals surface area contributed by atoms with E-state index in [9.17, 15) is 4.79 Å². The van der Waals surface area contributed by atoms with Crippen LogP contribution in [0.3, 0.4) is 0 Å². The lowest BCUT2D eigenvalue weighted by Crippen LogP contribution is -2.50. The molecular weight excluding hydrogens is 338 g/mol. The van der Waals surface area contributed by atoms with Gasteiger partial charge in [0.2, 0.25) is 11.7 Å². The number of fused-ring (bicyclic) bond motifs is 1. The van der Waals surface area contributed by atoms with Crippen molar-refractivity contribution in [2.45, 2.75) is 70.9 Å². The van der Waals surface area contributed by atoms with Crippen molar-refractivity contribution in [1.29, 1.82) is 0 Å². The minimum atomic E-state index is 0.130. The Morgan fingerprint density at radius 1 is 1.11 bits per heavy atom. The molecular formula is C21H29N5O. The van der Waals surface area contributed by atoms with E-state index in [0.717, 1.165) is 24.9 Å². The van der Waals surface area contributed by atoms with Crippen LogP contribution in [0.4, 0.5) is 0 Å². The molecule has 2 aliphatic rings. The molecule has 0 spiro atoms. The third-order valence-corrected chi connectivity index (χ3v) is 6.13. The van der Waals surface area contributed by atoms with Crippen LogP contribution in [0.5, 0.6) is 0 Å². The third-order valence-electron chi connectivity index (χ3n) is 6.13. The number of amides is 1. The average molecular weight is 367 g/mol. The van der Waals surface area contributed by atoms with Gasteiger partial charge in [-0.15, -0.1) is 10.2 Å². The number of piperidine rings is 1. The summed E-state index contributed by atoms with van der Waals surface area (Å²) in [6.45, 7) is 5.40. The van der Waals surface area contributed by atoms with Crippen molar-refractivity contribution in [3.63, 3.8) is 0 Å². The van der Waals surface area contributed by atoms with E-state index in [0.29, 0.717) is 23.7 Å². The molecule has 1 amide bonds. The number of carbonyl (C=O) groups excluding carboxylic acids is 1. The molecule has 1 aromatic carbocycles. The van der Waals surface area contributed by atoms with Crippen molar-refractivity contribution in [3.8, 4) is 11.4 Å². The van der Waals surface area contributed by atoms with Crippen LogP contribution in [0.1, 0.15) is 63.9 Å². The smallest absolute Gasteiger partial charge is 0.246 e. The van der Waals surface area contributed by atoms with E-state index in [2.05, 4.69) is 46.3 Å². The molecule has 0 bridgehead atoms. The molecule has 1 saturated carbocycles. The van der Waals surface area contributed by atoms with Crippen LogP contribution in [0, 0.1) is 5.92 Å². The van der Waals surface area contributed by atoms with E-state index in [4.69, 9.17) is 0 Å². The Hall–Kier alpha value is -2.24. The zero-order chi connectivity index (χ0) is 18.8. The van der Waals surface area contributed by atoms with Crippen LogP contribution < -0.4 is 0 Å². The van der Waals surface area contributed by atoms with E-state index < -0.39 is 0 Å². The van der Waals surface area contributed by atoms with Gasteiger partial charge in [0.25, 0.3) is 0 Å². The Labute approximate surface area is 160 Å². The number of likely N-dealkylation sites (tertiary alicyclic amines) is 1. The molecule has 1 saturated heterocycles. The number of tetrazole rings is 1. The van der Waals surface area contributed by atoms with Crippen LogP contribution in [-0.4, -0.2) is 43.6 Å². The van der Waals surface area contributed by atoms with Gasteiger partial charge in [0.05, 0.1) is 0 Å². The summed E-state index contributed by atoms with van der Waals surface area (Å²) in [4.78, 5) is 16.4.